The number of nitrogens with zero attached hydrogens (tertiary/aromatic N) is 3. The topological polar surface area (TPSA) is 99.3 Å². The van der Waals surface area contributed by atoms with Gasteiger partial charge in [-0.05, 0) is 42.2 Å². The first-order valence-electron chi connectivity index (χ1n) is 12.1. The second-order valence-electron chi connectivity index (χ2n) is 9.18. The van der Waals surface area contributed by atoms with Gasteiger partial charge >= 0.3 is 10.2 Å². The van der Waals surface area contributed by atoms with Gasteiger partial charge in [0.15, 0.2) is 0 Å². The minimum Gasteiger partial charge on any atom is -0.497 e. The Kier molecular flexibility index (Phi) is 10.9. The second kappa shape index (κ2) is 13.4. The fourth-order valence-electron chi connectivity index (χ4n) is 3.67. The van der Waals surface area contributed by atoms with E-state index in [1.54, 1.807) is 31.2 Å². The maximum atomic E-state index is 14.7. The van der Waals surface area contributed by atoms with Crippen molar-refractivity contribution >= 4 is 27.7 Å². The predicted molar refractivity (Wildman–Crippen MR) is 142 cm³/mol. The SMILES string of the molecule is CC[C@H](C(=O)NCC(C)C)N(Cc1cccc(OC)c1)C(=O)CN(c1ccccc1F)S(=O)(=O)N(C)C. The molecule has 0 unspecified atom stereocenters. The highest BCUT2D eigenvalue weighted by Gasteiger charge is 2.34. The summed E-state index contributed by atoms with van der Waals surface area (Å²) in [7, 11) is -0.117. The van der Waals surface area contributed by atoms with Crippen molar-refractivity contribution in [2.45, 2.75) is 39.8 Å². The number of hydrogen-bond acceptors (Lipinski definition) is 5. The number of halogens is 1. The summed E-state index contributed by atoms with van der Waals surface area (Å²) in [6.45, 7) is 5.44. The minimum atomic E-state index is -4.24. The molecule has 0 aliphatic heterocycles. The van der Waals surface area contributed by atoms with Crippen LogP contribution < -0.4 is 14.4 Å². The number of carbonyl (C=O) groups is 2. The van der Waals surface area contributed by atoms with Gasteiger partial charge in [0, 0.05) is 27.2 Å². The second-order valence-corrected chi connectivity index (χ2v) is 11.3. The van der Waals surface area contributed by atoms with Gasteiger partial charge in [0.25, 0.3) is 0 Å². The third kappa shape index (κ3) is 7.90. The molecule has 0 saturated heterocycles. The third-order valence-corrected chi connectivity index (χ3v) is 7.50. The Morgan fingerprint density at radius 1 is 1.08 bits per heavy atom. The fourth-order valence-corrected chi connectivity index (χ4v) is 4.73. The van der Waals surface area contributed by atoms with E-state index in [1.165, 1.54) is 44.3 Å². The molecule has 1 N–H and O–H groups in total. The van der Waals surface area contributed by atoms with Gasteiger partial charge < -0.3 is 15.0 Å². The fraction of sp³-hybridized carbons (Fsp3) is 0.462. The van der Waals surface area contributed by atoms with Crippen molar-refractivity contribution in [3.05, 3.63) is 59.9 Å². The van der Waals surface area contributed by atoms with E-state index in [0.717, 1.165) is 14.7 Å². The van der Waals surface area contributed by atoms with E-state index in [-0.39, 0.29) is 24.1 Å². The molecule has 2 amide bonds. The number of anilines is 1. The average Bonchev–Trinajstić information content (AvgIpc) is 2.86. The summed E-state index contributed by atoms with van der Waals surface area (Å²) >= 11 is 0. The molecule has 204 valence electrons. The van der Waals surface area contributed by atoms with E-state index >= 15 is 0 Å². The lowest BCUT2D eigenvalue weighted by Crippen LogP contribution is -2.53. The molecule has 0 spiro atoms. The van der Waals surface area contributed by atoms with Crippen molar-refractivity contribution in [2.24, 2.45) is 5.92 Å². The lowest BCUT2D eigenvalue weighted by molar-refractivity contribution is -0.140. The molecule has 2 aromatic carbocycles. The number of nitrogens with one attached hydrogen (secondary N) is 1. The summed E-state index contributed by atoms with van der Waals surface area (Å²) in [5, 5.41) is 2.86. The molecule has 0 radical (unpaired) electrons. The van der Waals surface area contributed by atoms with Gasteiger partial charge in [-0.25, -0.2) is 8.70 Å². The van der Waals surface area contributed by atoms with Crippen molar-refractivity contribution in [1.82, 2.24) is 14.5 Å². The van der Waals surface area contributed by atoms with Crippen LogP contribution in [0.3, 0.4) is 0 Å². The van der Waals surface area contributed by atoms with Gasteiger partial charge in [0.2, 0.25) is 11.8 Å². The number of amides is 2. The molecule has 0 aromatic heterocycles. The molecule has 0 saturated carbocycles. The highest BCUT2D eigenvalue weighted by molar-refractivity contribution is 7.90. The van der Waals surface area contributed by atoms with Crippen LogP contribution in [0.1, 0.15) is 32.8 Å². The molecule has 0 heterocycles. The first kappa shape index (κ1) is 30.0. The number of methoxy groups -OCH3 is 1. The molecule has 1 atom stereocenters. The van der Waals surface area contributed by atoms with Crippen LogP contribution in [0, 0.1) is 11.7 Å². The van der Waals surface area contributed by atoms with Gasteiger partial charge in [-0.1, -0.05) is 45.0 Å². The first-order chi connectivity index (χ1) is 17.4. The smallest absolute Gasteiger partial charge is 0.304 e. The van der Waals surface area contributed by atoms with E-state index in [9.17, 15) is 22.4 Å². The van der Waals surface area contributed by atoms with Gasteiger partial charge in [-0.15, -0.1) is 0 Å². The van der Waals surface area contributed by atoms with Gasteiger partial charge in [0.1, 0.15) is 24.2 Å². The zero-order chi connectivity index (χ0) is 27.8. The van der Waals surface area contributed by atoms with Crippen molar-refractivity contribution < 1.29 is 27.1 Å². The van der Waals surface area contributed by atoms with Crippen LogP contribution in [0.5, 0.6) is 5.75 Å². The molecule has 9 nitrogen and oxygen atoms in total. The van der Waals surface area contributed by atoms with Crippen LogP contribution in [0.4, 0.5) is 10.1 Å². The molecule has 0 fully saturated rings. The molecule has 0 aliphatic carbocycles. The molecule has 0 aliphatic rings. The van der Waals surface area contributed by atoms with Gasteiger partial charge in [-0.2, -0.15) is 12.7 Å². The van der Waals surface area contributed by atoms with Crippen LogP contribution in [0.2, 0.25) is 0 Å². The molecular weight excluding hydrogens is 499 g/mol. The Balaban J connectivity index is 2.52. The number of carbonyl (C=O) groups excluding carboxylic acids is 2. The average molecular weight is 537 g/mol. The Hall–Kier alpha value is -3.18. The monoisotopic (exact) mass is 536 g/mol. The maximum absolute atomic E-state index is 14.7. The van der Waals surface area contributed by atoms with E-state index < -0.39 is 34.5 Å². The van der Waals surface area contributed by atoms with Crippen molar-refractivity contribution in [3.8, 4) is 5.75 Å². The van der Waals surface area contributed by atoms with Crippen molar-refractivity contribution in [3.63, 3.8) is 0 Å². The van der Waals surface area contributed by atoms with Crippen LogP contribution in [0.15, 0.2) is 48.5 Å². The van der Waals surface area contributed by atoms with E-state index in [4.69, 9.17) is 4.74 Å². The number of ether oxygens (including phenoxy) is 1. The molecular formula is C26H37FN4O5S. The summed E-state index contributed by atoms with van der Waals surface area (Å²) in [4.78, 5) is 28.2. The molecule has 11 heteroatoms. The number of rotatable bonds is 13. The lowest BCUT2D eigenvalue weighted by Gasteiger charge is -2.34. The molecule has 2 aromatic rings. The van der Waals surface area contributed by atoms with Crippen molar-refractivity contribution in [1.29, 1.82) is 0 Å². The lowest BCUT2D eigenvalue weighted by atomic mass is 10.1. The Morgan fingerprint density at radius 3 is 2.32 bits per heavy atom. The normalized spacial score (nSPS) is 12.4. The Labute approximate surface area is 219 Å². The van der Waals surface area contributed by atoms with E-state index in [1.807, 2.05) is 13.8 Å². The Morgan fingerprint density at radius 2 is 1.76 bits per heavy atom. The van der Waals surface area contributed by atoms with E-state index in [0.29, 0.717) is 24.3 Å². The third-order valence-electron chi connectivity index (χ3n) is 5.70. The highest BCUT2D eigenvalue weighted by Crippen LogP contribution is 2.24. The van der Waals surface area contributed by atoms with Gasteiger partial charge in [-0.3, -0.25) is 9.59 Å². The van der Waals surface area contributed by atoms with Crippen LogP contribution in [-0.4, -0.2) is 69.8 Å². The summed E-state index contributed by atoms with van der Waals surface area (Å²) in [5.74, 6) is -1.01. The van der Waals surface area contributed by atoms with Crippen LogP contribution >= 0.6 is 0 Å². The summed E-state index contributed by atoms with van der Waals surface area (Å²) < 4.78 is 47.9. The highest BCUT2D eigenvalue weighted by atomic mass is 32.2. The Bertz CT molecular complexity index is 1170. The number of para-hydroxylation sites is 1. The summed E-state index contributed by atoms with van der Waals surface area (Å²) in [6.07, 6.45) is 0.291. The van der Waals surface area contributed by atoms with E-state index in [2.05, 4.69) is 5.32 Å². The van der Waals surface area contributed by atoms with Gasteiger partial charge in [0.05, 0.1) is 12.8 Å². The van der Waals surface area contributed by atoms with Crippen LogP contribution in [-0.2, 0) is 26.3 Å². The molecule has 37 heavy (non-hydrogen) atoms. The number of benzene rings is 2. The zero-order valence-corrected chi connectivity index (χ0v) is 23.1. The largest absolute Gasteiger partial charge is 0.497 e. The minimum absolute atomic E-state index is 0.0246. The zero-order valence-electron chi connectivity index (χ0n) is 22.3. The van der Waals surface area contributed by atoms with Crippen molar-refractivity contribution in [2.75, 3.05) is 38.6 Å². The summed E-state index contributed by atoms with van der Waals surface area (Å²) in [5.41, 5.74) is 0.430. The quantitative estimate of drug-likeness (QED) is 0.424. The standard InChI is InChI=1S/C26H37FN4O5S/c1-7-23(26(33)28-16-19(2)3)30(17-20-11-10-12-21(15-20)36-6)25(32)18-31(37(34,35)29(4)5)24-14-9-8-13-22(24)27/h8-15,19,23H,7,16-18H2,1-6H3,(H,28,33)/t23-/m1/s1. The first-order valence-corrected chi connectivity index (χ1v) is 13.5. The maximum Gasteiger partial charge on any atom is 0.304 e. The molecule has 2 rings (SSSR count). The molecule has 0 bridgehead atoms. The predicted octanol–water partition coefficient (Wildman–Crippen LogP) is 3.03. The summed E-state index contributed by atoms with van der Waals surface area (Å²) in [6, 6.07) is 11.5. The number of hydrogen-bond donors (Lipinski definition) is 1. The van der Waals surface area contributed by atoms with Crippen LogP contribution in [0.25, 0.3) is 0 Å².